The minimum Gasteiger partial charge on any atom is -0.400 e. The summed E-state index contributed by atoms with van der Waals surface area (Å²) in [7, 11) is -0.464. The fourth-order valence-electron chi connectivity index (χ4n) is 2.08. The fourth-order valence-corrected chi connectivity index (χ4v) is 2.32. The van der Waals surface area contributed by atoms with Gasteiger partial charge in [-0.05, 0) is 50.9 Å². The molecule has 1 aliphatic rings. The maximum Gasteiger partial charge on any atom is 0.491 e. The van der Waals surface area contributed by atoms with E-state index in [1.807, 2.05) is 39.8 Å². The molecule has 0 bridgehead atoms. The summed E-state index contributed by atoms with van der Waals surface area (Å²) in [6.07, 6.45) is 1.91. The van der Waals surface area contributed by atoms with Crippen molar-refractivity contribution in [2.45, 2.75) is 38.9 Å². The average Bonchev–Trinajstić information content (AvgIpc) is 2.57. The quantitative estimate of drug-likeness (QED) is 0.665. The van der Waals surface area contributed by atoms with Crippen LogP contribution in [-0.4, -0.2) is 24.9 Å². The van der Waals surface area contributed by atoms with Gasteiger partial charge in [0, 0.05) is 17.3 Å². The Morgan fingerprint density at radius 3 is 2.29 bits per heavy atom. The number of hydrogen-bond donors (Lipinski definition) is 2. The van der Waals surface area contributed by atoms with Crippen molar-refractivity contribution < 1.29 is 9.31 Å². The number of halogens is 1. The third-order valence-corrected chi connectivity index (χ3v) is 4.48. The van der Waals surface area contributed by atoms with E-state index in [9.17, 15) is 0 Å². The van der Waals surface area contributed by atoms with Crippen LogP contribution in [0.25, 0.3) is 6.08 Å². The fraction of sp³-hybridized carbons (Fsp3) is 0.467. The molecule has 1 fully saturated rings. The van der Waals surface area contributed by atoms with E-state index in [0.717, 1.165) is 11.0 Å². The molecule has 0 spiro atoms. The predicted molar refractivity (Wildman–Crippen MR) is 89.0 cm³/mol. The first-order valence-electron chi connectivity index (χ1n) is 6.97. The summed E-state index contributed by atoms with van der Waals surface area (Å²) < 4.78 is 12.0. The van der Waals surface area contributed by atoms with Crippen LogP contribution >= 0.6 is 11.6 Å². The normalized spacial score (nSPS) is 20.9. The average molecular weight is 309 g/mol. The lowest BCUT2D eigenvalue weighted by Crippen LogP contribution is -2.41. The number of anilines is 1. The van der Waals surface area contributed by atoms with E-state index in [2.05, 4.69) is 0 Å². The van der Waals surface area contributed by atoms with Crippen LogP contribution in [0.3, 0.4) is 0 Å². The number of benzene rings is 1. The molecule has 1 aliphatic heterocycles. The minimum absolute atomic E-state index is 0.331. The van der Waals surface area contributed by atoms with Gasteiger partial charge in [-0.3, -0.25) is 0 Å². The summed E-state index contributed by atoms with van der Waals surface area (Å²) in [5.41, 5.74) is 13.1. The topological polar surface area (TPSA) is 70.5 Å². The Kier molecular flexibility index (Phi) is 4.40. The van der Waals surface area contributed by atoms with Crippen molar-refractivity contribution in [2.24, 2.45) is 5.73 Å². The Morgan fingerprint density at radius 2 is 1.81 bits per heavy atom. The van der Waals surface area contributed by atoms with Crippen LogP contribution in [0.1, 0.15) is 33.3 Å². The lowest BCUT2D eigenvalue weighted by Gasteiger charge is -2.32. The SMILES string of the molecule is CC1(C)OB(C(=Cc2ccc(N)cc2Cl)CN)OC1(C)C. The molecule has 0 radical (unpaired) electrons. The molecule has 0 saturated carbocycles. The molecule has 0 aliphatic carbocycles. The maximum atomic E-state index is 6.20. The molecule has 114 valence electrons. The van der Waals surface area contributed by atoms with Gasteiger partial charge in [-0.2, -0.15) is 0 Å². The summed E-state index contributed by atoms with van der Waals surface area (Å²) >= 11 is 6.20. The standard InChI is InChI=1S/C15H22BClN2O2/c1-14(2)15(3,4)21-16(20-14)11(9-18)7-10-5-6-12(19)8-13(10)17/h5-8H,9,18-19H2,1-4H3. The van der Waals surface area contributed by atoms with Crippen LogP contribution in [0.15, 0.2) is 23.7 Å². The maximum absolute atomic E-state index is 6.20. The zero-order valence-electron chi connectivity index (χ0n) is 12.9. The van der Waals surface area contributed by atoms with Crippen LogP contribution in [0.4, 0.5) is 5.69 Å². The molecule has 4 N–H and O–H groups in total. The highest BCUT2D eigenvalue weighted by molar-refractivity contribution is 6.56. The summed E-state index contributed by atoms with van der Waals surface area (Å²) in [4.78, 5) is 0. The van der Waals surface area contributed by atoms with E-state index < -0.39 is 18.3 Å². The molecule has 6 heteroatoms. The molecule has 1 heterocycles. The van der Waals surface area contributed by atoms with Gasteiger partial charge >= 0.3 is 7.12 Å². The second-order valence-electron chi connectivity index (χ2n) is 6.29. The highest BCUT2D eigenvalue weighted by atomic mass is 35.5. The first-order chi connectivity index (χ1) is 9.66. The van der Waals surface area contributed by atoms with Crippen molar-refractivity contribution in [2.75, 3.05) is 12.3 Å². The molecule has 0 atom stereocenters. The highest BCUT2D eigenvalue weighted by Gasteiger charge is 2.52. The van der Waals surface area contributed by atoms with Gasteiger partial charge in [0.1, 0.15) is 0 Å². The van der Waals surface area contributed by atoms with E-state index in [4.69, 9.17) is 32.4 Å². The van der Waals surface area contributed by atoms with Crippen molar-refractivity contribution in [1.29, 1.82) is 0 Å². The van der Waals surface area contributed by atoms with E-state index in [0.29, 0.717) is 17.3 Å². The van der Waals surface area contributed by atoms with Crippen LogP contribution in [0.5, 0.6) is 0 Å². The number of hydrogen-bond acceptors (Lipinski definition) is 4. The zero-order chi connectivity index (χ0) is 15.8. The molecule has 4 nitrogen and oxygen atoms in total. The Balaban J connectivity index is 2.31. The number of rotatable bonds is 3. The molecule has 1 aromatic rings. The summed E-state index contributed by atoms with van der Waals surface area (Å²) in [5.74, 6) is 0. The van der Waals surface area contributed by atoms with Gasteiger partial charge in [-0.25, -0.2) is 0 Å². The van der Waals surface area contributed by atoms with Gasteiger partial charge in [-0.1, -0.05) is 23.7 Å². The van der Waals surface area contributed by atoms with E-state index in [1.165, 1.54) is 0 Å². The molecule has 21 heavy (non-hydrogen) atoms. The van der Waals surface area contributed by atoms with Gasteiger partial charge < -0.3 is 20.8 Å². The second-order valence-corrected chi connectivity index (χ2v) is 6.70. The lowest BCUT2D eigenvalue weighted by atomic mass is 9.77. The number of nitrogen functional groups attached to an aromatic ring is 1. The van der Waals surface area contributed by atoms with Crippen molar-refractivity contribution in [3.63, 3.8) is 0 Å². The van der Waals surface area contributed by atoms with Crippen LogP contribution in [-0.2, 0) is 9.31 Å². The van der Waals surface area contributed by atoms with Gasteiger partial charge in [0.2, 0.25) is 0 Å². The monoisotopic (exact) mass is 308 g/mol. The smallest absolute Gasteiger partial charge is 0.400 e. The van der Waals surface area contributed by atoms with Crippen LogP contribution < -0.4 is 11.5 Å². The van der Waals surface area contributed by atoms with E-state index in [1.54, 1.807) is 12.1 Å². The molecular formula is C15H22BClN2O2. The van der Waals surface area contributed by atoms with E-state index >= 15 is 0 Å². The lowest BCUT2D eigenvalue weighted by molar-refractivity contribution is 0.00578. The molecule has 2 rings (SSSR count). The van der Waals surface area contributed by atoms with Gasteiger partial charge in [0.15, 0.2) is 0 Å². The molecule has 1 aromatic carbocycles. The van der Waals surface area contributed by atoms with Crippen molar-refractivity contribution in [3.8, 4) is 0 Å². The highest BCUT2D eigenvalue weighted by Crippen LogP contribution is 2.38. The van der Waals surface area contributed by atoms with Gasteiger partial charge in [0.05, 0.1) is 11.2 Å². The van der Waals surface area contributed by atoms with Crippen molar-refractivity contribution in [3.05, 3.63) is 34.3 Å². The summed E-state index contributed by atoms with van der Waals surface area (Å²) in [6.45, 7) is 8.38. The number of nitrogens with two attached hydrogens (primary N) is 2. The van der Waals surface area contributed by atoms with Crippen LogP contribution in [0, 0.1) is 0 Å². The van der Waals surface area contributed by atoms with E-state index in [-0.39, 0.29) is 0 Å². The largest absolute Gasteiger partial charge is 0.491 e. The molecule has 1 saturated heterocycles. The first kappa shape index (κ1) is 16.4. The Hall–Kier alpha value is -1.01. The zero-order valence-corrected chi connectivity index (χ0v) is 13.7. The second kappa shape index (κ2) is 5.65. The minimum atomic E-state index is -0.464. The first-order valence-corrected chi connectivity index (χ1v) is 7.35. The van der Waals surface area contributed by atoms with Gasteiger partial charge in [-0.15, -0.1) is 0 Å². The Labute approximate surface area is 131 Å². The summed E-state index contributed by atoms with van der Waals surface area (Å²) in [5, 5.41) is 0.581. The third-order valence-electron chi connectivity index (χ3n) is 4.16. The van der Waals surface area contributed by atoms with Crippen molar-refractivity contribution >= 4 is 30.5 Å². The molecule has 0 aromatic heterocycles. The van der Waals surface area contributed by atoms with Crippen LogP contribution in [0.2, 0.25) is 5.02 Å². The predicted octanol–water partition coefficient (Wildman–Crippen LogP) is 2.90. The Bertz CT molecular complexity index is 557. The van der Waals surface area contributed by atoms with Crippen molar-refractivity contribution in [1.82, 2.24) is 0 Å². The molecular weight excluding hydrogens is 286 g/mol. The molecule has 0 unspecified atom stereocenters. The molecule has 0 amide bonds. The summed E-state index contributed by atoms with van der Waals surface area (Å²) in [6, 6.07) is 5.38. The van der Waals surface area contributed by atoms with Gasteiger partial charge in [0.25, 0.3) is 0 Å². The Morgan fingerprint density at radius 1 is 1.24 bits per heavy atom. The third kappa shape index (κ3) is 3.26.